The summed E-state index contributed by atoms with van der Waals surface area (Å²) >= 11 is 0. The summed E-state index contributed by atoms with van der Waals surface area (Å²) in [6.07, 6.45) is 4.79. The molecule has 0 amide bonds. The minimum absolute atomic E-state index is 0.275. The van der Waals surface area contributed by atoms with Gasteiger partial charge < -0.3 is 9.64 Å². The van der Waals surface area contributed by atoms with Crippen LogP contribution < -0.4 is 0 Å². The third-order valence-electron chi connectivity index (χ3n) is 4.80. The summed E-state index contributed by atoms with van der Waals surface area (Å²) in [5.41, 5.74) is 0. The predicted molar refractivity (Wildman–Crippen MR) is 83.5 cm³/mol. The molecular formula is C15H28N6O. The van der Waals surface area contributed by atoms with E-state index in [1.165, 1.54) is 0 Å². The van der Waals surface area contributed by atoms with Crippen LogP contribution in [0.25, 0.3) is 0 Å². The molecule has 2 aliphatic rings. The fourth-order valence-corrected chi connectivity index (χ4v) is 3.44. The van der Waals surface area contributed by atoms with Gasteiger partial charge in [0.1, 0.15) is 0 Å². The molecule has 1 aromatic heterocycles. The highest BCUT2D eigenvalue weighted by Crippen LogP contribution is 2.25. The second-order valence-corrected chi connectivity index (χ2v) is 6.50. The summed E-state index contributed by atoms with van der Waals surface area (Å²) in [4.78, 5) is 4.93. The average molecular weight is 308 g/mol. The van der Waals surface area contributed by atoms with E-state index in [1.54, 1.807) is 0 Å². The molecule has 2 aliphatic heterocycles. The van der Waals surface area contributed by atoms with Crippen molar-refractivity contribution in [2.24, 2.45) is 0 Å². The number of aromatic nitrogens is 4. The third kappa shape index (κ3) is 3.64. The van der Waals surface area contributed by atoms with Crippen molar-refractivity contribution in [1.82, 2.24) is 30.0 Å². The third-order valence-corrected chi connectivity index (χ3v) is 4.80. The lowest BCUT2D eigenvalue weighted by molar-refractivity contribution is 0.0818. The molecule has 0 radical (unpaired) electrons. The number of likely N-dealkylation sites (N-methyl/N-ethyl adjacent to an activating group) is 1. The van der Waals surface area contributed by atoms with E-state index in [9.17, 15) is 0 Å². The van der Waals surface area contributed by atoms with Gasteiger partial charge in [-0.2, -0.15) is 0 Å². The molecule has 0 bridgehead atoms. The van der Waals surface area contributed by atoms with Crippen molar-refractivity contribution in [2.75, 3.05) is 39.8 Å². The van der Waals surface area contributed by atoms with Crippen LogP contribution >= 0.6 is 0 Å². The van der Waals surface area contributed by atoms with E-state index >= 15 is 0 Å². The zero-order chi connectivity index (χ0) is 15.4. The molecular weight excluding hydrogens is 280 g/mol. The molecule has 124 valence electrons. The molecule has 2 fully saturated rings. The van der Waals surface area contributed by atoms with E-state index < -0.39 is 0 Å². The Hall–Kier alpha value is -1.05. The Morgan fingerprint density at radius 2 is 2.09 bits per heavy atom. The Morgan fingerprint density at radius 1 is 1.27 bits per heavy atom. The smallest absolute Gasteiger partial charge is 0.168 e. The van der Waals surface area contributed by atoms with Crippen LogP contribution in [0.5, 0.6) is 0 Å². The Balaban J connectivity index is 1.72. The second kappa shape index (κ2) is 7.48. The van der Waals surface area contributed by atoms with Gasteiger partial charge in [0.05, 0.1) is 18.7 Å². The summed E-state index contributed by atoms with van der Waals surface area (Å²) in [5, 5.41) is 12.5. The molecule has 22 heavy (non-hydrogen) atoms. The van der Waals surface area contributed by atoms with Crippen molar-refractivity contribution in [3.05, 3.63) is 5.82 Å². The largest absolute Gasteiger partial charge is 0.376 e. The van der Waals surface area contributed by atoms with Crippen LogP contribution in [0.4, 0.5) is 0 Å². The van der Waals surface area contributed by atoms with Crippen LogP contribution in [0, 0.1) is 0 Å². The number of hydrogen-bond acceptors (Lipinski definition) is 6. The Kier molecular flexibility index (Phi) is 5.38. The Morgan fingerprint density at radius 3 is 2.77 bits per heavy atom. The highest BCUT2D eigenvalue weighted by molar-refractivity contribution is 4.95. The van der Waals surface area contributed by atoms with Crippen molar-refractivity contribution >= 4 is 0 Å². The summed E-state index contributed by atoms with van der Waals surface area (Å²) < 4.78 is 7.72. The topological polar surface area (TPSA) is 59.3 Å². The van der Waals surface area contributed by atoms with Gasteiger partial charge in [-0.25, -0.2) is 4.68 Å². The summed E-state index contributed by atoms with van der Waals surface area (Å²) in [7, 11) is 2.19. The standard InChI is InChI=1S/C15H28N6O/c1-3-5-14(20-9-7-19(2)8-10-20)15-16-17-18-21(15)12-13-6-4-11-22-13/h13-14H,3-12H2,1-2H3. The molecule has 0 saturated carbocycles. The van der Waals surface area contributed by atoms with Crippen molar-refractivity contribution < 1.29 is 4.74 Å². The lowest BCUT2D eigenvalue weighted by Gasteiger charge is -2.37. The van der Waals surface area contributed by atoms with Gasteiger partial charge in [-0.1, -0.05) is 13.3 Å². The van der Waals surface area contributed by atoms with E-state index in [0.29, 0.717) is 6.04 Å². The molecule has 2 unspecified atom stereocenters. The zero-order valence-electron chi connectivity index (χ0n) is 13.8. The molecule has 0 N–H and O–H groups in total. The van der Waals surface area contributed by atoms with E-state index in [2.05, 4.69) is 39.3 Å². The monoisotopic (exact) mass is 308 g/mol. The lowest BCUT2D eigenvalue weighted by atomic mass is 10.1. The van der Waals surface area contributed by atoms with Gasteiger partial charge in [-0.3, -0.25) is 4.90 Å². The van der Waals surface area contributed by atoms with Crippen LogP contribution in [0.2, 0.25) is 0 Å². The SMILES string of the molecule is CCCC(c1nnnn1CC1CCCO1)N1CCN(C)CC1. The fraction of sp³-hybridized carbons (Fsp3) is 0.933. The maximum Gasteiger partial charge on any atom is 0.168 e. The highest BCUT2D eigenvalue weighted by atomic mass is 16.5. The van der Waals surface area contributed by atoms with Gasteiger partial charge in [0.2, 0.25) is 0 Å². The first-order valence-corrected chi connectivity index (χ1v) is 8.58. The number of nitrogens with zero attached hydrogens (tertiary/aromatic N) is 6. The van der Waals surface area contributed by atoms with Gasteiger partial charge in [-0.15, -0.1) is 5.10 Å². The number of piperazine rings is 1. The van der Waals surface area contributed by atoms with Crippen molar-refractivity contribution in [1.29, 1.82) is 0 Å². The molecule has 7 nitrogen and oxygen atoms in total. The summed E-state index contributed by atoms with van der Waals surface area (Å²) in [6, 6.07) is 0.329. The second-order valence-electron chi connectivity index (χ2n) is 6.50. The maximum absolute atomic E-state index is 5.74. The van der Waals surface area contributed by atoms with Crippen molar-refractivity contribution in [3.8, 4) is 0 Å². The Labute approximate surface area is 132 Å². The quantitative estimate of drug-likeness (QED) is 0.779. The number of rotatable bonds is 6. The van der Waals surface area contributed by atoms with Gasteiger partial charge in [0.15, 0.2) is 5.82 Å². The van der Waals surface area contributed by atoms with E-state index in [0.717, 1.165) is 70.8 Å². The highest BCUT2D eigenvalue weighted by Gasteiger charge is 2.29. The summed E-state index contributed by atoms with van der Waals surface area (Å²) in [6.45, 7) is 8.31. The molecule has 7 heteroatoms. The van der Waals surface area contributed by atoms with E-state index in [1.807, 2.05) is 4.68 Å². The van der Waals surface area contributed by atoms with Crippen LogP contribution in [0.3, 0.4) is 0 Å². The van der Waals surface area contributed by atoms with Crippen molar-refractivity contribution in [3.63, 3.8) is 0 Å². The molecule has 0 aliphatic carbocycles. The van der Waals surface area contributed by atoms with Crippen molar-refractivity contribution in [2.45, 2.75) is 51.3 Å². The lowest BCUT2D eigenvalue weighted by Crippen LogP contribution is -2.46. The fourth-order valence-electron chi connectivity index (χ4n) is 3.44. The van der Waals surface area contributed by atoms with Gasteiger partial charge in [-0.05, 0) is 36.7 Å². The maximum atomic E-state index is 5.74. The number of tetrazole rings is 1. The molecule has 1 aromatic rings. The van der Waals surface area contributed by atoms with Crippen LogP contribution in [0.15, 0.2) is 0 Å². The Bertz CT molecular complexity index is 451. The van der Waals surface area contributed by atoms with Gasteiger partial charge in [0.25, 0.3) is 0 Å². The van der Waals surface area contributed by atoms with Gasteiger partial charge in [0, 0.05) is 32.8 Å². The zero-order valence-corrected chi connectivity index (χ0v) is 13.8. The van der Waals surface area contributed by atoms with Crippen LogP contribution in [-0.2, 0) is 11.3 Å². The first-order valence-electron chi connectivity index (χ1n) is 8.58. The molecule has 3 heterocycles. The molecule has 3 rings (SSSR count). The minimum atomic E-state index is 0.275. The predicted octanol–water partition coefficient (Wildman–Crippen LogP) is 0.941. The summed E-state index contributed by atoms with van der Waals surface area (Å²) in [5.74, 6) is 1.02. The van der Waals surface area contributed by atoms with Crippen LogP contribution in [-0.4, -0.2) is 75.9 Å². The average Bonchev–Trinajstić information content (AvgIpc) is 3.18. The van der Waals surface area contributed by atoms with Crippen LogP contribution in [0.1, 0.15) is 44.5 Å². The van der Waals surface area contributed by atoms with Gasteiger partial charge >= 0.3 is 0 Å². The number of hydrogen-bond donors (Lipinski definition) is 0. The molecule has 0 aromatic carbocycles. The minimum Gasteiger partial charge on any atom is -0.376 e. The first-order chi connectivity index (χ1) is 10.8. The van der Waals surface area contributed by atoms with E-state index in [4.69, 9.17) is 4.74 Å². The first kappa shape index (κ1) is 15.8. The normalized spacial score (nSPS) is 25.6. The molecule has 2 saturated heterocycles. The van der Waals surface area contributed by atoms with E-state index in [-0.39, 0.29) is 6.10 Å². The molecule has 2 atom stereocenters. The molecule has 0 spiro atoms. The number of ether oxygens (including phenoxy) is 1.